The van der Waals surface area contributed by atoms with Crippen molar-refractivity contribution < 1.29 is 9.90 Å². The first-order valence-electron chi connectivity index (χ1n) is 7.78. The van der Waals surface area contributed by atoms with Gasteiger partial charge in [-0.3, -0.25) is 0 Å². The van der Waals surface area contributed by atoms with Gasteiger partial charge in [-0.15, -0.1) is 0 Å². The van der Waals surface area contributed by atoms with E-state index in [-0.39, 0.29) is 17.7 Å². The van der Waals surface area contributed by atoms with E-state index in [0.29, 0.717) is 6.42 Å². The first-order chi connectivity index (χ1) is 10.3. The Balaban J connectivity index is 2.06. The first-order valence-corrected chi connectivity index (χ1v) is 11.4. The van der Waals surface area contributed by atoms with Crippen molar-refractivity contribution in [2.75, 3.05) is 0 Å². The molecular weight excluding hydrogens is 292 g/mol. The number of amides is 2. The van der Waals surface area contributed by atoms with Crippen LogP contribution in [0.5, 0.6) is 0 Å². The Morgan fingerprint density at radius 2 is 2.05 bits per heavy atom. The first kappa shape index (κ1) is 16.8. The van der Waals surface area contributed by atoms with Gasteiger partial charge in [-0.2, -0.15) is 0 Å². The third-order valence-corrected chi connectivity index (χ3v) is 6.30. The van der Waals surface area contributed by atoms with E-state index in [0.717, 1.165) is 11.1 Å². The maximum Gasteiger partial charge on any atom is 0.315 e. The van der Waals surface area contributed by atoms with E-state index in [2.05, 4.69) is 30.3 Å². The minimum absolute atomic E-state index is 0.0753. The van der Waals surface area contributed by atoms with E-state index < -0.39 is 14.2 Å². The largest absolute Gasteiger partial charge is 0.390 e. The molecule has 0 fully saturated rings. The number of benzene rings is 1. The van der Waals surface area contributed by atoms with Gasteiger partial charge in [-0.05, 0) is 18.1 Å². The maximum absolute atomic E-state index is 12.3. The van der Waals surface area contributed by atoms with Crippen molar-refractivity contribution in [2.45, 2.75) is 50.8 Å². The molecule has 0 saturated carbocycles. The van der Waals surface area contributed by atoms with Gasteiger partial charge >= 0.3 is 6.03 Å². The van der Waals surface area contributed by atoms with Crippen LogP contribution in [0.1, 0.15) is 24.1 Å². The summed E-state index contributed by atoms with van der Waals surface area (Å²) in [5.41, 5.74) is 2.20. The number of carbonyl (C=O) groups is 1. The number of fused-ring (bicyclic) bond motifs is 1. The van der Waals surface area contributed by atoms with Gasteiger partial charge in [0, 0.05) is 12.1 Å². The highest BCUT2D eigenvalue weighted by Crippen LogP contribution is 2.31. The predicted molar refractivity (Wildman–Crippen MR) is 92.5 cm³/mol. The molecule has 5 heteroatoms. The minimum Gasteiger partial charge on any atom is -0.390 e. The monoisotopic (exact) mass is 318 g/mol. The van der Waals surface area contributed by atoms with Gasteiger partial charge in [0.05, 0.1) is 20.2 Å². The quantitative estimate of drug-likeness (QED) is 0.590. The summed E-state index contributed by atoms with van der Waals surface area (Å²) in [4.78, 5) is 12.3. The van der Waals surface area contributed by atoms with Crippen LogP contribution in [-0.4, -0.2) is 31.0 Å². The molecule has 0 radical (unpaired) electrons. The lowest BCUT2D eigenvalue weighted by atomic mass is 10.1. The summed E-state index contributed by atoms with van der Waals surface area (Å²) in [7, 11) is -1.54. The highest BCUT2D eigenvalue weighted by molar-refractivity contribution is 6.78. The molecule has 0 unspecified atom stereocenters. The van der Waals surface area contributed by atoms with Crippen molar-refractivity contribution in [1.82, 2.24) is 10.6 Å². The van der Waals surface area contributed by atoms with Crippen LogP contribution in [0.4, 0.5) is 4.79 Å². The highest BCUT2D eigenvalue weighted by atomic mass is 28.3. The van der Waals surface area contributed by atoms with Gasteiger partial charge < -0.3 is 15.7 Å². The molecule has 2 amide bonds. The predicted octanol–water partition coefficient (Wildman–Crippen LogP) is 2.77. The van der Waals surface area contributed by atoms with Gasteiger partial charge in [0.15, 0.2) is 0 Å². The second-order valence-corrected chi connectivity index (χ2v) is 12.3. The molecule has 120 valence electrons. The Labute approximate surface area is 133 Å². The number of hydrogen-bond donors (Lipinski definition) is 3. The Bertz CT molecular complexity index is 566. The maximum atomic E-state index is 12.3. The van der Waals surface area contributed by atoms with Crippen molar-refractivity contribution in [3.05, 3.63) is 47.5 Å². The molecule has 1 aliphatic carbocycles. The molecule has 0 aromatic heterocycles. The fourth-order valence-corrected chi connectivity index (χ4v) is 4.15. The lowest BCUT2D eigenvalue weighted by molar-refractivity contribution is 0.142. The Morgan fingerprint density at radius 3 is 2.68 bits per heavy atom. The Hall–Kier alpha value is -1.59. The second kappa shape index (κ2) is 6.67. The number of nitrogens with one attached hydrogen (secondary N) is 2. The molecule has 1 aromatic carbocycles. The number of allylic oxidation sites excluding steroid dienone is 1. The molecule has 1 aliphatic rings. The molecule has 22 heavy (non-hydrogen) atoms. The number of hydrogen-bond acceptors (Lipinski definition) is 2. The zero-order chi connectivity index (χ0) is 16.3. The van der Waals surface area contributed by atoms with Crippen molar-refractivity contribution in [1.29, 1.82) is 0 Å². The molecule has 3 N–H and O–H groups in total. The molecular formula is C17H26N2O2Si. The summed E-state index contributed by atoms with van der Waals surface area (Å²) < 4.78 is 0. The summed E-state index contributed by atoms with van der Waals surface area (Å²) in [5.74, 6) is 0. The molecule has 2 rings (SSSR count). The third kappa shape index (κ3) is 3.78. The molecule has 3 atom stereocenters. The average Bonchev–Trinajstić information content (AvgIpc) is 2.74. The Morgan fingerprint density at radius 1 is 1.36 bits per heavy atom. The van der Waals surface area contributed by atoms with E-state index in [1.807, 2.05) is 43.3 Å². The molecule has 4 nitrogen and oxygen atoms in total. The fourth-order valence-electron chi connectivity index (χ4n) is 2.82. The third-order valence-electron chi connectivity index (χ3n) is 4.10. The van der Waals surface area contributed by atoms with Gasteiger partial charge in [-0.1, -0.05) is 56.1 Å². The standard InChI is InChI=1S/C17H26N2O2Si/c1-5-8-15(22(2,3)4)18-17(21)19-16-13-10-7-6-9-12(13)11-14(16)20/h5-10,14-16,20H,11H2,1-4H3,(H2,18,19,21)/b8-5+/t14-,15-,16+/m0/s1. The van der Waals surface area contributed by atoms with E-state index in [1.54, 1.807) is 0 Å². The zero-order valence-corrected chi connectivity index (χ0v) is 14.8. The molecule has 0 saturated heterocycles. The summed E-state index contributed by atoms with van der Waals surface area (Å²) in [6.07, 6.45) is 4.05. The topological polar surface area (TPSA) is 61.4 Å². The summed E-state index contributed by atoms with van der Waals surface area (Å²) in [6.45, 7) is 8.62. The normalized spacial score (nSPS) is 22.4. The van der Waals surface area contributed by atoms with E-state index >= 15 is 0 Å². The zero-order valence-electron chi connectivity index (χ0n) is 13.8. The number of urea groups is 1. The molecule has 0 aliphatic heterocycles. The van der Waals surface area contributed by atoms with Crippen LogP contribution < -0.4 is 10.6 Å². The lowest BCUT2D eigenvalue weighted by Gasteiger charge is -2.28. The van der Waals surface area contributed by atoms with Crippen molar-refractivity contribution in [3.63, 3.8) is 0 Å². The van der Waals surface area contributed by atoms with Crippen LogP contribution in [0.2, 0.25) is 19.6 Å². The van der Waals surface area contributed by atoms with E-state index in [9.17, 15) is 9.90 Å². The number of rotatable bonds is 4. The minimum atomic E-state index is -1.54. The van der Waals surface area contributed by atoms with Crippen molar-refractivity contribution in [2.24, 2.45) is 0 Å². The van der Waals surface area contributed by atoms with Crippen LogP contribution in [-0.2, 0) is 6.42 Å². The summed E-state index contributed by atoms with van der Waals surface area (Å²) >= 11 is 0. The van der Waals surface area contributed by atoms with E-state index in [1.165, 1.54) is 0 Å². The SMILES string of the molecule is C/C=C/[C@@H](NC(=O)N[C@@H]1c2ccccc2C[C@@H]1O)[Si](C)(C)C. The van der Waals surface area contributed by atoms with Gasteiger partial charge in [-0.25, -0.2) is 4.79 Å². The van der Waals surface area contributed by atoms with Crippen LogP contribution in [0.3, 0.4) is 0 Å². The van der Waals surface area contributed by atoms with Crippen molar-refractivity contribution in [3.8, 4) is 0 Å². The van der Waals surface area contributed by atoms with Gasteiger partial charge in [0.25, 0.3) is 0 Å². The molecule has 0 spiro atoms. The molecule has 0 heterocycles. The van der Waals surface area contributed by atoms with Crippen LogP contribution in [0.25, 0.3) is 0 Å². The van der Waals surface area contributed by atoms with Crippen molar-refractivity contribution >= 4 is 14.1 Å². The van der Waals surface area contributed by atoms with Crippen LogP contribution in [0.15, 0.2) is 36.4 Å². The lowest BCUT2D eigenvalue weighted by Crippen LogP contribution is -2.53. The number of aliphatic hydroxyl groups is 1. The number of aliphatic hydroxyl groups excluding tert-OH is 1. The molecule has 0 bridgehead atoms. The Kier molecular flexibility index (Phi) is 5.08. The van der Waals surface area contributed by atoms with E-state index in [4.69, 9.17) is 0 Å². The van der Waals surface area contributed by atoms with Gasteiger partial charge in [0.1, 0.15) is 0 Å². The second-order valence-electron chi connectivity index (χ2n) is 6.94. The fraction of sp³-hybridized carbons (Fsp3) is 0.471. The molecule has 1 aromatic rings. The average molecular weight is 318 g/mol. The summed E-state index contributed by atoms with van der Waals surface area (Å²) in [6, 6.07) is 7.33. The number of carbonyl (C=O) groups excluding carboxylic acids is 1. The van der Waals surface area contributed by atoms with Crippen LogP contribution in [0, 0.1) is 0 Å². The smallest absolute Gasteiger partial charge is 0.315 e. The summed E-state index contributed by atoms with van der Waals surface area (Å²) in [5, 5.41) is 16.2. The highest BCUT2D eigenvalue weighted by Gasteiger charge is 2.33. The van der Waals surface area contributed by atoms with Gasteiger partial charge in [0.2, 0.25) is 0 Å². The van der Waals surface area contributed by atoms with Crippen LogP contribution >= 0.6 is 0 Å².